The number of ketones is 1. The smallest absolute Gasteiger partial charge is 0.240 e. The lowest BCUT2D eigenvalue weighted by Gasteiger charge is -2.36. The van der Waals surface area contributed by atoms with E-state index in [-0.39, 0.29) is 55.7 Å². The molecule has 3 aromatic rings. The fraction of sp³-hybridized carbons (Fsp3) is 0.548. The van der Waals surface area contributed by atoms with Gasteiger partial charge in [0.2, 0.25) is 33.6 Å². The Hall–Kier alpha value is -4.92. The van der Waals surface area contributed by atoms with E-state index in [0.29, 0.717) is 54.1 Å². The van der Waals surface area contributed by atoms with E-state index in [1.807, 2.05) is 31.7 Å². The second-order valence-electron chi connectivity index (χ2n) is 17.0. The van der Waals surface area contributed by atoms with Gasteiger partial charge in [-0.2, -0.15) is 4.98 Å². The van der Waals surface area contributed by atoms with Gasteiger partial charge in [0.1, 0.15) is 17.5 Å². The van der Waals surface area contributed by atoms with Crippen LogP contribution < -0.4 is 14.2 Å². The number of carbonyl (C=O) groups is 4. The molecular formula is C42H52N6O8S. The average Bonchev–Trinajstić information content (AvgIpc) is 4.13. The van der Waals surface area contributed by atoms with Crippen LogP contribution in [0.5, 0.6) is 11.6 Å². The molecule has 2 aromatic heterocycles. The summed E-state index contributed by atoms with van der Waals surface area (Å²) in [6.45, 7) is 10.9. The first-order valence-electron chi connectivity index (χ1n) is 19.9. The number of sulfonamides is 1. The van der Waals surface area contributed by atoms with Crippen LogP contribution in [0.4, 0.5) is 0 Å². The summed E-state index contributed by atoms with van der Waals surface area (Å²) in [6.07, 6.45) is 6.39. The molecule has 1 aromatic carbocycles. The van der Waals surface area contributed by atoms with Gasteiger partial charge in [0.25, 0.3) is 0 Å². The van der Waals surface area contributed by atoms with Gasteiger partial charge in [-0.15, -0.1) is 6.58 Å². The third-order valence-electron chi connectivity index (χ3n) is 11.9. The molecule has 4 aliphatic rings. The highest BCUT2D eigenvalue weighted by molar-refractivity contribution is 7.90. The van der Waals surface area contributed by atoms with E-state index in [2.05, 4.69) is 16.3 Å². The van der Waals surface area contributed by atoms with E-state index < -0.39 is 56.0 Å². The molecule has 14 nitrogen and oxygen atoms in total. The first-order valence-corrected chi connectivity index (χ1v) is 21.4. The quantitative estimate of drug-likeness (QED) is 0.220. The molecule has 4 heterocycles. The van der Waals surface area contributed by atoms with Crippen molar-refractivity contribution in [3.05, 3.63) is 55.3 Å². The standard InChI is InChI=1S/C42H52N6O8S/c1-6-26-23-42(26,40(52)46-57(53,54)29-14-15-29)24-35(49)34-21-28(25-48(34)39(51)31(41(2,3)4)22-36(50)47-18-10-7-11-19-47)56-38-30-16-13-27(55-5)20-33(30)44-37(45-38)32-12-8-9-17-43-32/h6,8-9,12-13,16-17,20,26,28-29,31,34H,1,7,10-11,14-15,18-19,21-25H2,2-5H3,(H,46,52)/t26-,28-,31-,34+,42-/m1/s1. The SMILES string of the molecule is C=C[C@@H]1C[C@]1(CC(=O)[C@@H]1C[C@@H](Oc2nc(-c3ccccn3)nc3cc(OC)ccc23)CN1C(=O)[C@@H](CC(=O)N1CCCCC1)C(C)(C)C)C(=O)NS(=O)(=O)C1CC1. The van der Waals surface area contributed by atoms with Gasteiger partial charge in [-0.05, 0) is 74.1 Å². The number of fused-ring (bicyclic) bond motifs is 1. The monoisotopic (exact) mass is 800 g/mol. The molecule has 2 saturated heterocycles. The van der Waals surface area contributed by atoms with E-state index >= 15 is 0 Å². The van der Waals surface area contributed by atoms with Crippen LogP contribution in [0.1, 0.15) is 78.6 Å². The molecule has 7 rings (SSSR count). The lowest BCUT2D eigenvalue weighted by Crippen LogP contribution is -2.49. The third-order valence-corrected chi connectivity index (χ3v) is 13.8. The summed E-state index contributed by atoms with van der Waals surface area (Å²) in [5.41, 5.74) is -0.886. The molecule has 0 unspecified atom stereocenters. The Morgan fingerprint density at radius 3 is 2.46 bits per heavy atom. The number of amides is 3. The minimum Gasteiger partial charge on any atom is -0.497 e. The number of benzene rings is 1. The highest BCUT2D eigenvalue weighted by Gasteiger charge is 2.61. The fourth-order valence-electron chi connectivity index (χ4n) is 8.22. The minimum absolute atomic E-state index is 0.0129. The zero-order valence-electron chi connectivity index (χ0n) is 33.1. The van der Waals surface area contributed by atoms with Gasteiger partial charge in [0.05, 0.1) is 47.2 Å². The molecule has 2 aliphatic heterocycles. The highest BCUT2D eigenvalue weighted by atomic mass is 32.2. The number of rotatable bonds is 14. The van der Waals surface area contributed by atoms with Crippen molar-refractivity contribution in [2.45, 2.75) is 96.0 Å². The van der Waals surface area contributed by atoms with Gasteiger partial charge >= 0.3 is 0 Å². The summed E-state index contributed by atoms with van der Waals surface area (Å²) in [5.74, 6) is -1.60. The van der Waals surface area contributed by atoms with Crippen molar-refractivity contribution in [3.8, 4) is 23.1 Å². The molecule has 5 atom stereocenters. The number of methoxy groups -OCH3 is 1. The summed E-state index contributed by atoms with van der Waals surface area (Å²) in [5, 5.41) is -0.0303. The summed E-state index contributed by atoms with van der Waals surface area (Å²) in [4.78, 5) is 74.1. The number of nitrogens with one attached hydrogen (secondary N) is 1. The molecule has 304 valence electrons. The Labute approximate surface area is 333 Å². The highest BCUT2D eigenvalue weighted by Crippen LogP contribution is 2.57. The van der Waals surface area contributed by atoms with Crippen LogP contribution in [0.15, 0.2) is 55.3 Å². The molecule has 15 heteroatoms. The molecule has 3 amide bonds. The number of carbonyl (C=O) groups excluding carboxylic acids is 4. The molecule has 1 N–H and O–H groups in total. The van der Waals surface area contributed by atoms with E-state index in [1.165, 1.54) is 4.90 Å². The Kier molecular flexibility index (Phi) is 11.2. The van der Waals surface area contributed by atoms with Crippen LogP contribution in [0, 0.1) is 22.7 Å². The van der Waals surface area contributed by atoms with Crippen molar-refractivity contribution in [2.24, 2.45) is 22.7 Å². The fourth-order valence-corrected chi connectivity index (χ4v) is 9.60. The number of hydrogen-bond acceptors (Lipinski definition) is 11. The summed E-state index contributed by atoms with van der Waals surface area (Å²) in [7, 11) is -2.31. The van der Waals surface area contributed by atoms with Gasteiger partial charge < -0.3 is 19.3 Å². The van der Waals surface area contributed by atoms with E-state index in [4.69, 9.17) is 19.4 Å². The first-order chi connectivity index (χ1) is 27.1. The van der Waals surface area contributed by atoms with E-state index in [0.717, 1.165) is 19.3 Å². The van der Waals surface area contributed by atoms with Gasteiger partial charge in [-0.1, -0.05) is 32.9 Å². The Morgan fingerprint density at radius 2 is 1.82 bits per heavy atom. The number of likely N-dealkylation sites (tertiary alicyclic amines) is 2. The van der Waals surface area contributed by atoms with Crippen molar-refractivity contribution >= 4 is 44.4 Å². The van der Waals surface area contributed by atoms with Crippen LogP contribution in [0.2, 0.25) is 0 Å². The summed E-state index contributed by atoms with van der Waals surface area (Å²) < 4.78 is 40.0. The van der Waals surface area contributed by atoms with Crippen molar-refractivity contribution in [1.82, 2.24) is 29.5 Å². The number of nitrogens with zero attached hydrogens (tertiary/aromatic N) is 5. The maximum atomic E-state index is 14.9. The number of pyridine rings is 1. The largest absolute Gasteiger partial charge is 0.497 e. The van der Waals surface area contributed by atoms with Gasteiger partial charge in [-0.3, -0.25) is 28.9 Å². The van der Waals surface area contributed by atoms with Crippen molar-refractivity contribution in [3.63, 3.8) is 0 Å². The molecule has 0 spiro atoms. The van der Waals surface area contributed by atoms with Crippen molar-refractivity contribution in [2.75, 3.05) is 26.7 Å². The summed E-state index contributed by atoms with van der Waals surface area (Å²) >= 11 is 0. The minimum atomic E-state index is -3.87. The Balaban J connectivity index is 1.21. The lowest BCUT2D eigenvalue weighted by molar-refractivity contribution is -0.148. The summed E-state index contributed by atoms with van der Waals surface area (Å²) in [6, 6.07) is 9.69. The maximum Gasteiger partial charge on any atom is 0.240 e. The lowest BCUT2D eigenvalue weighted by atomic mass is 9.77. The molecule has 0 radical (unpaired) electrons. The zero-order chi connectivity index (χ0) is 40.7. The van der Waals surface area contributed by atoms with E-state index in [1.54, 1.807) is 49.7 Å². The molecule has 4 fully saturated rings. The molecule has 2 aliphatic carbocycles. The molecule has 57 heavy (non-hydrogen) atoms. The predicted molar refractivity (Wildman–Crippen MR) is 212 cm³/mol. The normalized spacial score (nSPS) is 24.1. The Bertz CT molecular complexity index is 2170. The van der Waals surface area contributed by atoms with Crippen molar-refractivity contribution in [1.29, 1.82) is 0 Å². The van der Waals surface area contributed by atoms with Gasteiger partial charge in [0, 0.05) is 44.6 Å². The number of Topliss-reactive ketones (excluding diaryl/α,β-unsaturated/α-hetero) is 1. The number of ether oxygens (including phenoxy) is 2. The third kappa shape index (κ3) is 8.53. The van der Waals surface area contributed by atoms with E-state index in [9.17, 15) is 27.6 Å². The number of aromatic nitrogens is 3. The van der Waals surface area contributed by atoms with Crippen LogP contribution in [-0.4, -0.2) is 101 Å². The topological polar surface area (TPSA) is 178 Å². The number of piperidine rings is 1. The van der Waals surface area contributed by atoms with Crippen LogP contribution in [0.3, 0.4) is 0 Å². The first kappa shape index (κ1) is 40.3. The average molecular weight is 801 g/mol. The van der Waals surface area contributed by atoms with Gasteiger partial charge in [-0.25, -0.2) is 13.4 Å². The van der Waals surface area contributed by atoms with Crippen LogP contribution >= 0.6 is 0 Å². The molecule has 2 saturated carbocycles. The number of allylic oxidation sites excluding steroid dienone is 1. The second kappa shape index (κ2) is 15.8. The maximum absolute atomic E-state index is 14.9. The number of hydrogen-bond donors (Lipinski definition) is 1. The van der Waals surface area contributed by atoms with Crippen molar-refractivity contribution < 1.29 is 37.1 Å². The van der Waals surface area contributed by atoms with Crippen LogP contribution in [0.25, 0.3) is 22.4 Å². The predicted octanol–water partition coefficient (Wildman–Crippen LogP) is 4.87. The molecule has 0 bridgehead atoms. The second-order valence-corrected chi connectivity index (χ2v) is 19.0. The molecular weight excluding hydrogens is 749 g/mol. The Morgan fingerprint density at radius 1 is 1.07 bits per heavy atom. The van der Waals surface area contributed by atoms with Crippen LogP contribution in [-0.2, 0) is 29.2 Å². The van der Waals surface area contributed by atoms with Gasteiger partial charge in [0.15, 0.2) is 11.6 Å². The zero-order valence-corrected chi connectivity index (χ0v) is 33.9.